The van der Waals surface area contributed by atoms with Crippen LogP contribution in [0.1, 0.15) is 46.0 Å². The second-order valence-electron chi connectivity index (χ2n) is 4.32. The Kier molecular flexibility index (Phi) is 3.79. The molecule has 1 rings (SSSR count). The van der Waals surface area contributed by atoms with Crippen molar-refractivity contribution in [3.8, 4) is 0 Å². The van der Waals surface area contributed by atoms with Crippen LogP contribution < -0.4 is 0 Å². The van der Waals surface area contributed by atoms with Gasteiger partial charge in [-0.05, 0) is 25.3 Å². The molecular formula is C13H23N. The highest BCUT2D eigenvalue weighted by Crippen LogP contribution is 2.41. The lowest BCUT2D eigenvalue weighted by molar-refractivity contribution is 0.00701. The standard InChI is InChI=1S/C13H23N/c1-5-8-13(9-6-2)10-11-14(13)12(4)7-3/h7H,3-6,8-11H2,1-2H3. The summed E-state index contributed by atoms with van der Waals surface area (Å²) in [6.07, 6.45) is 8.35. The Balaban J connectivity index is 2.68. The van der Waals surface area contributed by atoms with E-state index in [0.717, 1.165) is 5.70 Å². The monoisotopic (exact) mass is 193 g/mol. The zero-order valence-electron chi connectivity index (χ0n) is 9.68. The molecule has 1 aliphatic rings. The highest BCUT2D eigenvalue weighted by atomic mass is 15.3. The molecule has 1 saturated heterocycles. The van der Waals surface area contributed by atoms with E-state index in [9.17, 15) is 0 Å². The van der Waals surface area contributed by atoms with Crippen molar-refractivity contribution in [2.45, 2.75) is 51.5 Å². The van der Waals surface area contributed by atoms with Gasteiger partial charge in [0.15, 0.2) is 0 Å². The lowest BCUT2D eigenvalue weighted by Crippen LogP contribution is -2.58. The van der Waals surface area contributed by atoms with Crippen molar-refractivity contribution >= 4 is 0 Å². The fraction of sp³-hybridized carbons (Fsp3) is 0.692. The van der Waals surface area contributed by atoms with Gasteiger partial charge in [-0.3, -0.25) is 0 Å². The lowest BCUT2D eigenvalue weighted by Gasteiger charge is -2.55. The second-order valence-corrected chi connectivity index (χ2v) is 4.32. The molecular weight excluding hydrogens is 170 g/mol. The third-order valence-electron chi connectivity index (χ3n) is 3.39. The Hall–Kier alpha value is -0.720. The molecule has 14 heavy (non-hydrogen) atoms. The summed E-state index contributed by atoms with van der Waals surface area (Å²) in [7, 11) is 0. The van der Waals surface area contributed by atoms with Crippen LogP contribution in [0, 0.1) is 0 Å². The van der Waals surface area contributed by atoms with E-state index in [0.29, 0.717) is 5.54 Å². The van der Waals surface area contributed by atoms with Gasteiger partial charge in [0, 0.05) is 17.8 Å². The Morgan fingerprint density at radius 2 is 1.93 bits per heavy atom. The summed E-state index contributed by atoms with van der Waals surface area (Å²) in [5.74, 6) is 0. The van der Waals surface area contributed by atoms with Gasteiger partial charge in [0.2, 0.25) is 0 Å². The zero-order valence-corrected chi connectivity index (χ0v) is 9.68. The number of nitrogens with zero attached hydrogens (tertiary/aromatic N) is 1. The maximum absolute atomic E-state index is 4.06. The minimum Gasteiger partial charge on any atom is -0.366 e. The van der Waals surface area contributed by atoms with Gasteiger partial charge < -0.3 is 4.90 Å². The molecule has 0 aromatic rings. The third kappa shape index (κ3) is 1.87. The van der Waals surface area contributed by atoms with Crippen molar-refractivity contribution < 1.29 is 0 Å². The molecule has 0 saturated carbocycles. The highest BCUT2D eigenvalue weighted by molar-refractivity contribution is 5.18. The molecule has 1 heteroatoms. The number of likely N-dealkylation sites (tertiary alicyclic amines) is 1. The number of allylic oxidation sites excluding steroid dienone is 1. The summed E-state index contributed by atoms with van der Waals surface area (Å²) >= 11 is 0. The summed E-state index contributed by atoms with van der Waals surface area (Å²) in [5, 5.41) is 0. The molecule has 0 radical (unpaired) electrons. The van der Waals surface area contributed by atoms with Crippen molar-refractivity contribution in [1.82, 2.24) is 4.90 Å². The van der Waals surface area contributed by atoms with Gasteiger partial charge in [0.1, 0.15) is 0 Å². The van der Waals surface area contributed by atoms with Gasteiger partial charge in [-0.15, -0.1) is 0 Å². The number of rotatable bonds is 6. The van der Waals surface area contributed by atoms with Gasteiger partial charge in [-0.1, -0.05) is 39.8 Å². The Labute approximate surface area is 88.5 Å². The van der Waals surface area contributed by atoms with E-state index in [1.54, 1.807) is 0 Å². The van der Waals surface area contributed by atoms with Crippen molar-refractivity contribution in [3.63, 3.8) is 0 Å². The minimum atomic E-state index is 0.425. The smallest absolute Gasteiger partial charge is 0.0418 e. The molecule has 0 aromatic heterocycles. The zero-order chi connectivity index (χ0) is 10.6. The summed E-state index contributed by atoms with van der Waals surface area (Å²) in [6.45, 7) is 13.6. The van der Waals surface area contributed by atoms with Crippen LogP contribution in [-0.2, 0) is 0 Å². The summed E-state index contributed by atoms with van der Waals surface area (Å²) in [6, 6.07) is 0. The first-order valence-corrected chi connectivity index (χ1v) is 5.79. The Morgan fingerprint density at radius 1 is 1.36 bits per heavy atom. The van der Waals surface area contributed by atoms with Gasteiger partial charge in [-0.2, -0.15) is 0 Å². The second kappa shape index (κ2) is 4.68. The largest absolute Gasteiger partial charge is 0.366 e. The normalized spacial score (nSPS) is 18.9. The molecule has 0 bridgehead atoms. The van der Waals surface area contributed by atoms with E-state index in [4.69, 9.17) is 0 Å². The van der Waals surface area contributed by atoms with Gasteiger partial charge in [0.25, 0.3) is 0 Å². The molecule has 0 spiro atoms. The van der Waals surface area contributed by atoms with Crippen LogP contribution in [0.4, 0.5) is 0 Å². The maximum atomic E-state index is 4.06. The van der Waals surface area contributed by atoms with Crippen LogP contribution in [0.5, 0.6) is 0 Å². The van der Waals surface area contributed by atoms with Crippen LogP contribution in [0.25, 0.3) is 0 Å². The van der Waals surface area contributed by atoms with Crippen molar-refractivity contribution in [2.75, 3.05) is 6.54 Å². The van der Waals surface area contributed by atoms with Crippen molar-refractivity contribution in [1.29, 1.82) is 0 Å². The summed E-state index contributed by atoms with van der Waals surface area (Å²) in [5.41, 5.74) is 1.53. The molecule has 1 aliphatic heterocycles. The molecule has 1 fully saturated rings. The molecule has 1 heterocycles. The highest BCUT2D eigenvalue weighted by Gasteiger charge is 2.42. The summed E-state index contributed by atoms with van der Waals surface area (Å²) < 4.78 is 0. The molecule has 1 nitrogen and oxygen atoms in total. The third-order valence-corrected chi connectivity index (χ3v) is 3.39. The van der Waals surface area contributed by atoms with E-state index >= 15 is 0 Å². The Morgan fingerprint density at radius 3 is 2.21 bits per heavy atom. The fourth-order valence-electron chi connectivity index (χ4n) is 2.67. The molecule has 0 atom stereocenters. The van der Waals surface area contributed by atoms with Crippen molar-refractivity contribution in [3.05, 3.63) is 24.9 Å². The first-order chi connectivity index (χ1) is 6.70. The van der Waals surface area contributed by atoms with E-state index < -0.39 is 0 Å². The van der Waals surface area contributed by atoms with Gasteiger partial charge in [0.05, 0.1) is 0 Å². The van der Waals surface area contributed by atoms with Gasteiger partial charge >= 0.3 is 0 Å². The SMILES string of the molecule is C=CC(=C)N1CCC1(CCC)CCC. The van der Waals surface area contributed by atoms with E-state index in [2.05, 4.69) is 31.9 Å². The van der Waals surface area contributed by atoms with Crippen LogP contribution in [0.2, 0.25) is 0 Å². The molecule has 80 valence electrons. The van der Waals surface area contributed by atoms with Crippen LogP contribution in [-0.4, -0.2) is 17.0 Å². The average molecular weight is 193 g/mol. The average Bonchev–Trinajstić information content (AvgIpc) is 2.15. The van der Waals surface area contributed by atoms with E-state index in [1.807, 2.05) is 6.08 Å². The van der Waals surface area contributed by atoms with Crippen molar-refractivity contribution in [2.24, 2.45) is 0 Å². The quantitative estimate of drug-likeness (QED) is 0.581. The predicted molar refractivity (Wildman–Crippen MR) is 63.2 cm³/mol. The number of hydrogen-bond acceptors (Lipinski definition) is 1. The lowest BCUT2D eigenvalue weighted by atomic mass is 9.76. The van der Waals surface area contributed by atoms with Crippen LogP contribution in [0.3, 0.4) is 0 Å². The molecule has 0 amide bonds. The summed E-state index contributed by atoms with van der Waals surface area (Å²) in [4.78, 5) is 2.45. The van der Waals surface area contributed by atoms with E-state index in [1.165, 1.54) is 38.6 Å². The van der Waals surface area contributed by atoms with Crippen LogP contribution in [0.15, 0.2) is 24.9 Å². The molecule has 0 unspecified atom stereocenters. The topological polar surface area (TPSA) is 3.24 Å². The Bertz CT molecular complexity index is 211. The molecule has 0 aliphatic carbocycles. The minimum absolute atomic E-state index is 0.425. The van der Waals surface area contributed by atoms with Gasteiger partial charge in [-0.25, -0.2) is 0 Å². The number of hydrogen-bond donors (Lipinski definition) is 0. The van der Waals surface area contributed by atoms with Crippen LogP contribution >= 0.6 is 0 Å². The van der Waals surface area contributed by atoms with E-state index in [-0.39, 0.29) is 0 Å². The molecule has 0 aromatic carbocycles. The predicted octanol–water partition coefficient (Wildman–Crippen LogP) is 3.73. The first-order valence-electron chi connectivity index (χ1n) is 5.79. The molecule has 0 N–H and O–H groups in total. The first kappa shape index (κ1) is 11.4. The maximum Gasteiger partial charge on any atom is 0.0418 e. The fourth-order valence-corrected chi connectivity index (χ4v) is 2.67.